The highest BCUT2D eigenvalue weighted by Gasteiger charge is 2.51. The number of carboxylic acids is 1. The minimum absolute atomic E-state index is 0.188. The minimum Gasteiger partial charge on any atom is -0.481 e. The zero-order valence-electron chi connectivity index (χ0n) is 8.87. The summed E-state index contributed by atoms with van der Waals surface area (Å²) in [5.74, 6) is -7.41. The summed E-state index contributed by atoms with van der Waals surface area (Å²) >= 11 is 2.41. The van der Waals surface area contributed by atoms with Crippen molar-refractivity contribution in [2.45, 2.75) is 24.7 Å². The second kappa shape index (κ2) is 4.22. The van der Waals surface area contributed by atoms with Crippen molar-refractivity contribution in [1.29, 1.82) is 0 Å². The van der Waals surface area contributed by atoms with Crippen molar-refractivity contribution in [1.82, 2.24) is 0 Å². The van der Waals surface area contributed by atoms with Crippen LogP contribution in [0.5, 0.6) is 0 Å². The molecule has 0 amide bonds. The fraction of sp³-hybridized carbons (Fsp3) is 0.364. The van der Waals surface area contributed by atoms with Crippen LogP contribution in [0.25, 0.3) is 0 Å². The normalized spacial score (nSPS) is 16.7. The molecule has 1 saturated carbocycles. The van der Waals surface area contributed by atoms with E-state index >= 15 is 0 Å². The van der Waals surface area contributed by atoms with Gasteiger partial charge >= 0.3 is 5.97 Å². The van der Waals surface area contributed by atoms with E-state index < -0.39 is 51.1 Å². The van der Waals surface area contributed by atoms with Gasteiger partial charge in [0.25, 0.3) is 0 Å². The molecule has 0 saturated heterocycles. The molecule has 0 atom stereocenters. The van der Waals surface area contributed by atoms with Crippen LogP contribution in [0.4, 0.5) is 17.6 Å². The fourth-order valence-corrected chi connectivity index (χ4v) is 2.37. The van der Waals surface area contributed by atoms with E-state index in [0.29, 0.717) is 0 Å². The molecule has 2 rings (SSSR count). The first-order valence-corrected chi connectivity index (χ1v) is 5.83. The van der Waals surface area contributed by atoms with Crippen LogP contribution in [0.15, 0.2) is 4.47 Å². The highest BCUT2D eigenvalue weighted by Crippen LogP contribution is 2.53. The predicted octanol–water partition coefficient (Wildman–Crippen LogP) is 3.51. The third kappa shape index (κ3) is 1.90. The van der Waals surface area contributed by atoms with Gasteiger partial charge in [0, 0.05) is 11.0 Å². The van der Waals surface area contributed by atoms with Gasteiger partial charge in [0.15, 0.2) is 23.3 Å². The number of aliphatic carboxylic acids is 1. The van der Waals surface area contributed by atoms with Gasteiger partial charge in [-0.1, -0.05) is 0 Å². The Balaban J connectivity index is 2.62. The first-order chi connectivity index (χ1) is 8.30. The van der Waals surface area contributed by atoms with Gasteiger partial charge in [-0.25, -0.2) is 17.6 Å². The molecule has 0 bridgehead atoms. The van der Waals surface area contributed by atoms with Crippen molar-refractivity contribution in [3.05, 3.63) is 33.3 Å². The molecule has 1 aromatic carbocycles. The third-order valence-electron chi connectivity index (χ3n) is 3.08. The van der Waals surface area contributed by atoms with Gasteiger partial charge in [0.2, 0.25) is 0 Å². The molecule has 0 unspecified atom stereocenters. The SMILES string of the molecule is O=C(O)CC1(c2c(F)c(F)c(Br)c(F)c2F)CC1. The van der Waals surface area contributed by atoms with Crippen LogP contribution in [0.3, 0.4) is 0 Å². The first kappa shape index (κ1) is 13.3. The van der Waals surface area contributed by atoms with Crippen molar-refractivity contribution >= 4 is 21.9 Å². The number of carbonyl (C=O) groups is 1. The Kier molecular flexibility index (Phi) is 3.12. The lowest BCUT2D eigenvalue weighted by atomic mass is 9.91. The van der Waals surface area contributed by atoms with Gasteiger partial charge in [-0.05, 0) is 28.8 Å². The lowest BCUT2D eigenvalue weighted by Gasteiger charge is -2.16. The summed E-state index contributed by atoms with van der Waals surface area (Å²) in [6.07, 6.45) is -0.178. The molecule has 1 N–H and O–H groups in total. The summed E-state index contributed by atoms with van der Waals surface area (Å²) in [7, 11) is 0. The van der Waals surface area contributed by atoms with E-state index in [1.54, 1.807) is 0 Å². The lowest BCUT2D eigenvalue weighted by Crippen LogP contribution is -2.19. The van der Waals surface area contributed by atoms with Crippen LogP contribution < -0.4 is 0 Å². The Labute approximate surface area is 108 Å². The average Bonchev–Trinajstić information content (AvgIpc) is 3.03. The molecule has 7 heteroatoms. The number of hydrogen-bond donors (Lipinski definition) is 1. The van der Waals surface area contributed by atoms with E-state index in [0.717, 1.165) is 0 Å². The summed E-state index contributed by atoms with van der Waals surface area (Å²) in [6, 6.07) is 0. The van der Waals surface area contributed by atoms with Crippen LogP contribution in [-0.4, -0.2) is 11.1 Å². The predicted molar refractivity (Wildman–Crippen MR) is 57.1 cm³/mol. The van der Waals surface area contributed by atoms with E-state index in [2.05, 4.69) is 15.9 Å². The summed E-state index contributed by atoms with van der Waals surface area (Å²) < 4.78 is 53.1. The maximum atomic E-state index is 13.7. The Morgan fingerprint density at radius 2 is 1.56 bits per heavy atom. The number of hydrogen-bond acceptors (Lipinski definition) is 1. The number of benzene rings is 1. The van der Waals surface area contributed by atoms with Gasteiger partial charge in [0.1, 0.15) is 0 Å². The highest BCUT2D eigenvalue weighted by molar-refractivity contribution is 9.10. The molecule has 0 aromatic heterocycles. The first-order valence-electron chi connectivity index (χ1n) is 5.04. The Hall–Kier alpha value is -1.11. The van der Waals surface area contributed by atoms with Crippen LogP contribution in [0.2, 0.25) is 0 Å². The molecule has 2 nitrogen and oxygen atoms in total. The van der Waals surface area contributed by atoms with Gasteiger partial charge in [0.05, 0.1) is 10.9 Å². The lowest BCUT2D eigenvalue weighted by molar-refractivity contribution is -0.137. The van der Waals surface area contributed by atoms with Gasteiger partial charge < -0.3 is 5.11 Å². The molecule has 18 heavy (non-hydrogen) atoms. The quantitative estimate of drug-likeness (QED) is 0.524. The van der Waals surface area contributed by atoms with Crippen LogP contribution in [-0.2, 0) is 10.2 Å². The van der Waals surface area contributed by atoms with Crippen LogP contribution in [0, 0.1) is 23.3 Å². The summed E-state index contributed by atoms with van der Waals surface area (Å²) in [5, 5.41) is 8.68. The largest absolute Gasteiger partial charge is 0.481 e. The topological polar surface area (TPSA) is 37.3 Å². The van der Waals surface area contributed by atoms with E-state index in [4.69, 9.17) is 5.11 Å². The molecular formula is C11H7BrF4O2. The molecule has 98 valence electrons. The summed E-state index contributed by atoms with van der Waals surface area (Å²) in [5.41, 5.74) is -2.13. The van der Waals surface area contributed by atoms with Crippen LogP contribution in [0.1, 0.15) is 24.8 Å². The molecule has 0 spiro atoms. The molecule has 0 aliphatic heterocycles. The van der Waals surface area contributed by atoms with E-state index in [1.807, 2.05) is 0 Å². The molecule has 1 fully saturated rings. The Morgan fingerprint density at radius 1 is 1.11 bits per heavy atom. The smallest absolute Gasteiger partial charge is 0.304 e. The Bertz CT molecular complexity index is 511. The maximum absolute atomic E-state index is 13.7. The summed E-state index contributed by atoms with van der Waals surface area (Å²) in [6.45, 7) is 0. The third-order valence-corrected chi connectivity index (χ3v) is 3.78. The highest BCUT2D eigenvalue weighted by atomic mass is 79.9. The number of rotatable bonds is 3. The van der Waals surface area contributed by atoms with Crippen molar-refractivity contribution in [3.63, 3.8) is 0 Å². The average molecular weight is 327 g/mol. The number of carboxylic acid groups (broad SMARTS) is 1. The van der Waals surface area contributed by atoms with Crippen molar-refractivity contribution < 1.29 is 27.5 Å². The Morgan fingerprint density at radius 3 is 1.89 bits per heavy atom. The monoisotopic (exact) mass is 326 g/mol. The zero-order chi connectivity index (χ0) is 13.7. The molecule has 1 aromatic rings. The molecule has 0 heterocycles. The number of halogens is 5. The van der Waals surface area contributed by atoms with Gasteiger partial charge in [-0.3, -0.25) is 4.79 Å². The van der Waals surface area contributed by atoms with Gasteiger partial charge in [-0.15, -0.1) is 0 Å². The van der Waals surface area contributed by atoms with Crippen molar-refractivity contribution in [2.75, 3.05) is 0 Å². The molecule has 1 aliphatic rings. The van der Waals surface area contributed by atoms with E-state index in [-0.39, 0.29) is 12.8 Å². The molecule has 1 aliphatic carbocycles. The van der Waals surface area contributed by atoms with Crippen molar-refractivity contribution in [3.8, 4) is 0 Å². The van der Waals surface area contributed by atoms with E-state index in [1.165, 1.54) is 0 Å². The second-order valence-electron chi connectivity index (χ2n) is 4.30. The standard InChI is InChI=1S/C11H7BrF4O2/c12-6-9(15)7(13)5(8(14)10(6)16)11(1-2-11)3-4(17)18/h1-3H2,(H,17,18). The van der Waals surface area contributed by atoms with Crippen molar-refractivity contribution in [2.24, 2.45) is 0 Å². The fourth-order valence-electron chi connectivity index (χ4n) is 2.03. The zero-order valence-corrected chi connectivity index (χ0v) is 10.5. The summed E-state index contributed by atoms with van der Waals surface area (Å²) in [4.78, 5) is 10.6. The van der Waals surface area contributed by atoms with Crippen LogP contribution >= 0.6 is 15.9 Å². The maximum Gasteiger partial charge on any atom is 0.304 e. The van der Waals surface area contributed by atoms with Gasteiger partial charge in [-0.2, -0.15) is 0 Å². The van der Waals surface area contributed by atoms with E-state index in [9.17, 15) is 22.4 Å². The second-order valence-corrected chi connectivity index (χ2v) is 5.09. The minimum atomic E-state index is -1.54. The molecular weight excluding hydrogens is 320 g/mol. The molecule has 0 radical (unpaired) electrons.